The molecule has 4 heteroatoms. The van der Waals surface area contributed by atoms with Gasteiger partial charge in [0.15, 0.2) is 6.20 Å². The van der Waals surface area contributed by atoms with E-state index in [2.05, 4.69) is 76.4 Å². The normalized spacial score (nSPS) is 12.3. The van der Waals surface area contributed by atoms with E-state index >= 15 is 0 Å². The predicted octanol–water partition coefficient (Wildman–Crippen LogP) is 6.23. The van der Waals surface area contributed by atoms with Gasteiger partial charge < -0.3 is 9.25 Å². The van der Waals surface area contributed by atoms with Crippen LogP contribution in [0.5, 0.6) is 0 Å². The smallest absolute Gasteiger partial charge is 0.231 e. The maximum absolute atomic E-state index is 9.89. The first-order valence-electron chi connectivity index (χ1n) is 11.2. The van der Waals surface area contributed by atoms with E-state index in [1.165, 1.54) is 27.2 Å². The molecule has 0 aliphatic heterocycles. The first-order chi connectivity index (χ1) is 15.8. The Morgan fingerprint density at radius 2 is 1.88 bits per heavy atom. The van der Waals surface area contributed by atoms with E-state index in [1.54, 1.807) is 0 Å². The Bertz CT molecular complexity index is 1860. The highest BCUT2D eigenvalue weighted by Crippen LogP contribution is 2.42. The second-order valence-electron chi connectivity index (χ2n) is 9.76. The average Bonchev–Trinajstić information content (AvgIpc) is 3.14. The SMILES string of the molecule is [C-]#[N+]C(C)(C)Cc1cc2cc[n+](C)c3c4c(C)ccc5c6c(C#N)cccc6n(c(c1)c23)c54. The minimum absolute atomic E-state index is 0.464. The number of hydrogen-bond acceptors (Lipinski definition) is 1. The minimum atomic E-state index is -0.464. The number of aryl methyl sites for hydroxylation is 2. The van der Waals surface area contributed by atoms with Crippen molar-refractivity contribution in [1.82, 2.24) is 4.40 Å². The summed E-state index contributed by atoms with van der Waals surface area (Å²) in [5.41, 5.74) is 7.15. The number of nitriles is 1. The van der Waals surface area contributed by atoms with E-state index in [1.807, 2.05) is 26.0 Å². The van der Waals surface area contributed by atoms with Gasteiger partial charge in [-0.25, -0.2) is 11.1 Å². The summed E-state index contributed by atoms with van der Waals surface area (Å²) in [4.78, 5) is 3.85. The maximum atomic E-state index is 9.89. The molecule has 3 aromatic heterocycles. The number of rotatable bonds is 2. The molecule has 0 aliphatic carbocycles. The summed E-state index contributed by atoms with van der Waals surface area (Å²) in [7, 11) is 2.10. The zero-order valence-electron chi connectivity index (χ0n) is 19.2. The van der Waals surface area contributed by atoms with Crippen LogP contribution >= 0.6 is 0 Å². The standard InChI is InChI=1S/C29H23N4/c1-17-9-10-21-25-20(16-30)7-6-8-22(25)33-23-14-18(15-29(2,3)31-4)13-19-11-12-32(5)28(26(19)23)24(17)27(21)33/h6-14H,15H2,1-3,5H3/q+1. The molecule has 0 spiro atoms. The van der Waals surface area contributed by atoms with Gasteiger partial charge in [0.25, 0.3) is 0 Å². The summed E-state index contributed by atoms with van der Waals surface area (Å²) in [5, 5.41) is 15.6. The third-order valence-electron chi connectivity index (χ3n) is 6.98. The Hall–Kier alpha value is -4.15. The van der Waals surface area contributed by atoms with E-state index < -0.39 is 5.54 Å². The van der Waals surface area contributed by atoms with Gasteiger partial charge in [0.2, 0.25) is 11.1 Å². The molecule has 33 heavy (non-hydrogen) atoms. The fraction of sp³-hybridized carbons (Fsp3) is 0.207. The predicted molar refractivity (Wildman–Crippen MR) is 134 cm³/mol. The van der Waals surface area contributed by atoms with E-state index in [-0.39, 0.29) is 0 Å². The topological polar surface area (TPSA) is 36.4 Å². The molecule has 0 fully saturated rings. The largest absolute Gasteiger partial charge is 0.311 e. The molecule has 0 saturated carbocycles. The van der Waals surface area contributed by atoms with Gasteiger partial charge in [0.1, 0.15) is 7.05 Å². The quantitative estimate of drug-likeness (QED) is 0.140. The molecule has 6 aromatic rings. The Morgan fingerprint density at radius 1 is 1.06 bits per heavy atom. The van der Waals surface area contributed by atoms with E-state index in [0.29, 0.717) is 12.0 Å². The number of hydrogen-bond donors (Lipinski definition) is 0. The minimum Gasteiger partial charge on any atom is -0.311 e. The van der Waals surface area contributed by atoms with E-state index in [4.69, 9.17) is 6.57 Å². The molecule has 0 atom stereocenters. The molecule has 4 nitrogen and oxygen atoms in total. The van der Waals surface area contributed by atoms with Crippen LogP contribution in [-0.4, -0.2) is 9.94 Å². The van der Waals surface area contributed by atoms with Crippen molar-refractivity contribution in [2.24, 2.45) is 7.05 Å². The molecular weight excluding hydrogens is 404 g/mol. The molecule has 158 valence electrons. The van der Waals surface area contributed by atoms with Crippen molar-refractivity contribution in [3.8, 4) is 6.07 Å². The fourth-order valence-corrected chi connectivity index (χ4v) is 5.56. The Labute approximate surface area is 192 Å². The van der Waals surface area contributed by atoms with Gasteiger partial charge in [0.05, 0.1) is 45.4 Å². The van der Waals surface area contributed by atoms with Gasteiger partial charge in [-0.15, -0.1) is 0 Å². The molecule has 3 heterocycles. The second kappa shape index (κ2) is 6.44. The van der Waals surface area contributed by atoms with Gasteiger partial charge in [-0.2, -0.15) is 5.26 Å². The summed E-state index contributed by atoms with van der Waals surface area (Å²) < 4.78 is 4.56. The number of pyridine rings is 2. The molecule has 6 rings (SSSR count). The Balaban J connectivity index is 1.96. The molecule has 0 N–H and O–H groups in total. The average molecular weight is 428 g/mol. The van der Waals surface area contributed by atoms with Crippen LogP contribution in [0.4, 0.5) is 0 Å². The monoisotopic (exact) mass is 427 g/mol. The number of aromatic nitrogens is 2. The fourth-order valence-electron chi connectivity index (χ4n) is 5.56. The van der Waals surface area contributed by atoms with Crippen LogP contribution < -0.4 is 4.57 Å². The molecule has 0 unspecified atom stereocenters. The number of fused-ring (bicyclic) bond motifs is 5. The third kappa shape index (κ3) is 2.53. The first kappa shape index (κ1) is 19.5. The summed E-state index contributed by atoms with van der Waals surface area (Å²) in [5.74, 6) is 0. The molecular formula is C29H23N4+. The van der Waals surface area contributed by atoms with E-state index in [9.17, 15) is 5.26 Å². The van der Waals surface area contributed by atoms with Crippen molar-refractivity contribution in [1.29, 1.82) is 5.26 Å². The van der Waals surface area contributed by atoms with Gasteiger partial charge in [-0.1, -0.05) is 24.3 Å². The van der Waals surface area contributed by atoms with Crippen molar-refractivity contribution in [3.63, 3.8) is 0 Å². The molecule has 0 saturated heterocycles. The second-order valence-corrected chi connectivity index (χ2v) is 9.76. The summed E-state index contributed by atoms with van der Waals surface area (Å²) in [6, 6.07) is 19.4. The van der Waals surface area contributed by atoms with Crippen molar-refractivity contribution >= 4 is 49.0 Å². The zero-order valence-corrected chi connectivity index (χ0v) is 19.2. The third-order valence-corrected chi connectivity index (χ3v) is 6.98. The lowest BCUT2D eigenvalue weighted by atomic mass is 9.92. The van der Waals surface area contributed by atoms with Crippen LogP contribution in [0, 0.1) is 24.8 Å². The van der Waals surface area contributed by atoms with Crippen molar-refractivity contribution < 1.29 is 4.57 Å². The van der Waals surface area contributed by atoms with Gasteiger partial charge >= 0.3 is 0 Å². The highest BCUT2D eigenvalue weighted by molar-refractivity contribution is 6.26. The van der Waals surface area contributed by atoms with Gasteiger partial charge in [-0.05, 0) is 41.6 Å². The molecule has 3 aromatic carbocycles. The summed E-state index contributed by atoms with van der Waals surface area (Å²) in [6.07, 6.45) is 2.81. The molecule has 0 bridgehead atoms. The molecule has 0 aliphatic rings. The maximum Gasteiger partial charge on any atom is 0.231 e. The Kier molecular flexibility index (Phi) is 3.81. The first-order valence-corrected chi connectivity index (χ1v) is 11.2. The lowest BCUT2D eigenvalue weighted by molar-refractivity contribution is -0.643. The van der Waals surface area contributed by atoms with Crippen LogP contribution in [0.2, 0.25) is 0 Å². The highest BCUT2D eigenvalue weighted by atomic mass is 15.0. The van der Waals surface area contributed by atoms with Gasteiger partial charge in [0, 0.05) is 30.7 Å². The molecule has 0 amide bonds. The highest BCUT2D eigenvalue weighted by Gasteiger charge is 2.27. The van der Waals surface area contributed by atoms with Gasteiger partial charge in [-0.3, -0.25) is 0 Å². The lowest BCUT2D eigenvalue weighted by Gasteiger charge is -2.16. The van der Waals surface area contributed by atoms with Crippen LogP contribution in [-0.2, 0) is 13.5 Å². The summed E-state index contributed by atoms with van der Waals surface area (Å²) in [6.45, 7) is 13.8. The zero-order chi connectivity index (χ0) is 23.1. The van der Waals surface area contributed by atoms with Crippen LogP contribution in [0.25, 0.3) is 53.8 Å². The van der Waals surface area contributed by atoms with Crippen LogP contribution in [0.15, 0.2) is 54.7 Å². The van der Waals surface area contributed by atoms with Crippen molar-refractivity contribution in [2.75, 3.05) is 0 Å². The van der Waals surface area contributed by atoms with E-state index in [0.717, 1.165) is 32.9 Å². The van der Waals surface area contributed by atoms with Crippen LogP contribution in [0.1, 0.15) is 30.5 Å². The molecule has 0 radical (unpaired) electrons. The van der Waals surface area contributed by atoms with Crippen molar-refractivity contribution in [2.45, 2.75) is 32.7 Å². The lowest BCUT2D eigenvalue weighted by Crippen LogP contribution is -2.29. The number of benzene rings is 3. The van der Waals surface area contributed by atoms with Crippen LogP contribution in [0.3, 0.4) is 0 Å². The summed E-state index contributed by atoms with van der Waals surface area (Å²) >= 11 is 0. The van der Waals surface area contributed by atoms with Crippen molar-refractivity contribution in [3.05, 3.63) is 82.8 Å². The Morgan fingerprint density at radius 3 is 2.64 bits per heavy atom. The number of nitrogens with zero attached hydrogens (tertiary/aromatic N) is 4.